The fraction of sp³-hybridized carbons (Fsp3) is 0.909. The van der Waals surface area contributed by atoms with Crippen LogP contribution in [0.3, 0.4) is 0 Å². The zero-order valence-corrected chi connectivity index (χ0v) is 13.0. The molecule has 0 aromatic rings. The molecule has 0 unspecified atom stereocenters. The lowest BCUT2D eigenvalue weighted by Gasteiger charge is -2.29. The molecule has 3 nitrogen and oxygen atoms in total. The van der Waals surface area contributed by atoms with E-state index in [0.29, 0.717) is 6.54 Å². The first-order valence-corrected chi connectivity index (χ1v) is 6.83. The van der Waals surface area contributed by atoms with E-state index in [-0.39, 0.29) is 5.91 Å². The molecule has 0 spiro atoms. The molecular weight excluding hydrogens is 282 g/mol. The lowest BCUT2D eigenvalue weighted by atomic mass is 9.95. The Morgan fingerprint density at radius 2 is 1.76 bits per heavy atom. The Morgan fingerprint density at radius 3 is 2.12 bits per heavy atom. The van der Waals surface area contributed by atoms with Gasteiger partial charge in [-0.05, 0) is 13.0 Å². The van der Waals surface area contributed by atoms with Crippen molar-refractivity contribution in [3.8, 4) is 0 Å². The van der Waals surface area contributed by atoms with Crippen molar-refractivity contribution in [3.05, 3.63) is 0 Å². The minimum absolute atomic E-state index is 0.155. The van der Waals surface area contributed by atoms with Crippen LogP contribution in [0.4, 0.5) is 0 Å². The minimum atomic E-state index is -1.56. The van der Waals surface area contributed by atoms with Gasteiger partial charge in [0.15, 0.2) is 0 Å². The molecule has 0 aromatic carbocycles. The molecule has 0 aliphatic carbocycles. The Kier molecular flexibility index (Phi) is 7.15. The van der Waals surface area contributed by atoms with Gasteiger partial charge in [-0.1, -0.05) is 68.9 Å². The quantitative estimate of drug-likeness (QED) is 0.465. The molecule has 0 aliphatic heterocycles. The summed E-state index contributed by atoms with van der Waals surface area (Å²) in [6.45, 7) is 8.19. The second-order valence-electron chi connectivity index (χ2n) is 5.01. The highest BCUT2D eigenvalue weighted by atomic mass is 35.6. The molecule has 0 aliphatic rings. The predicted molar refractivity (Wildman–Crippen MR) is 74.6 cm³/mol. The first-order valence-electron chi connectivity index (χ1n) is 5.70. The maximum atomic E-state index is 11.8. The smallest absolute Gasteiger partial charge is 0.226 e. The third-order valence-corrected chi connectivity index (χ3v) is 2.82. The van der Waals surface area contributed by atoms with Crippen molar-refractivity contribution in [1.29, 1.82) is 0 Å². The molecule has 0 radical (unpaired) electrons. The third-order valence-electron chi connectivity index (χ3n) is 2.16. The number of nitrogens with one attached hydrogen (secondary N) is 2. The first kappa shape index (κ1) is 17.3. The van der Waals surface area contributed by atoms with Crippen molar-refractivity contribution in [2.24, 2.45) is 5.41 Å². The molecule has 6 heteroatoms. The Morgan fingerprint density at radius 1 is 1.24 bits per heavy atom. The highest BCUT2D eigenvalue weighted by Crippen LogP contribution is 2.29. The van der Waals surface area contributed by atoms with Gasteiger partial charge in [0.05, 0.1) is 0 Å². The van der Waals surface area contributed by atoms with Gasteiger partial charge >= 0.3 is 0 Å². The number of alkyl halides is 3. The van der Waals surface area contributed by atoms with Gasteiger partial charge in [-0.3, -0.25) is 10.1 Å². The van der Waals surface area contributed by atoms with Crippen LogP contribution in [0.15, 0.2) is 0 Å². The summed E-state index contributed by atoms with van der Waals surface area (Å²) in [5.74, 6) is -0.155. The SMILES string of the molecule is CCCCN[C@@H](NC(=O)C(C)(C)C)C(Cl)(Cl)Cl. The van der Waals surface area contributed by atoms with Crippen LogP contribution in [0.25, 0.3) is 0 Å². The summed E-state index contributed by atoms with van der Waals surface area (Å²) in [6, 6.07) is 0. The van der Waals surface area contributed by atoms with Crippen LogP contribution in [0.2, 0.25) is 0 Å². The molecule has 0 bridgehead atoms. The number of rotatable bonds is 5. The van der Waals surface area contributed by atoms with E-state index in [4.69, 9.17) is 34.8 Å². The molecule has 0 saturated carbocycles. The van der Waals surface area contributed by atoms with E-state index >= 15 is 0 Å². The van der Waals surface area contributed by atoms with Crippen LogP contribution in [0.5, 0.6) is 0 Å². The average Bonchev–Trinajstić information content (AvgIpc) is 2.13. The molecule has 0 rings (SSSR count). The van der Waals surface area contributed by atoms with Gasteiger partial charge in [-0.2, -0.15) is 0 Å². The fourth-order valence-corrected chi connectivity index (χ4v) is 1.41. The van der Waals surface area contributed by atoms with Gasteiger partial charge in [-0.15, -0.1) is 0 Å². The summed E-state index contributed by atoms with van der Waals surface area (Å²) in [5.41, 5.74) is -0.513. The van der Waals surface area contributed by atoms with Crippen molar-refractivity contribution in [1.82, 2.24) is 10.6 Å². The van der Waals surface area contributed by atoms with E-state index in [1.54, 1.807) is 0 Å². The molecule has 1 atom stereocenters. The highest BCUT2D eigenvalue weighted by molar-refractivity contribution is 6.68. The number of hydrogen-bond donors (Lipinski definition) is 2. The Bertz CT molecular complexity index is 246. The normalized spacial score (nSPS) is 14.5. The summed E-state index contributed by atoms with van der Waals surface area (Å²) in [5, 5.41) is 5.75. The van der Waals surface area contributed by atoms with Crippen molar-refractivity contribution < 1.29 is 4.79 Å². The van der Waals surface area contributed by atoms with E-state index in [0.717, 1.165) is 12.8 Å². The maximum Gasteiger partial charge on any atom is 0.226 e. The Hall–Kier alpha value is 0.300. The van der Waals surface area contributed by atoms with Crippen molar-refractivity contribution in [2.75, 3.05) is 6.54 Å². The number of carbonyl (C=O) groups excluding carboxylic acids is 1. The van der Waals surface area contributed by atoms with Gasteiger partial charge in [0, 0.05) is 5.41 Å². The summed E-state index contributed by atoms with van der Waals surface area (Å²) in [7, 11) is 0. The third kappa shape index (κ3) is 7.35. The molecule has 0 heterocycles. The first-order chi connectivity index (χ1) is 7.59. The number of unbranched alkanes of at least 4 members (excludes halogenated alkanes) is 1. The molecule has 17 heavy (non-hydrogen) atoms. The second-order valence-corrected chi connectivity index (χ2v) is 7.37. The van der Waals surface area contributed by atoms with Crippen molar-refractivity contribution in [3.63, 3.8) is 0 Å². The largest absolute Gasteiger partial charge is 0.336 e. The van der Waals surface area contributed by atoms with Crippen LogP contribution < -0.4 is 10.6 Å². The minimum Gasteiger partial charge on any atom is -0.336 e. The van der Waals surface area contributed by atoms with Crippen molar-refractivity contribution >= 4 is 40.7 Å². The van der Waals surface area contributed by atoms with Crippen LogP contribution in [-0.4, -0.2) is 22.4 Å². The van der Waals surface area contributed by atoms with Crippen LogP contribution in [0, 0.1) is 5.41 Å². The predicted octanol–water partition coefficient (Wildman–Crippen LogP) is 3.23. The van der Waals surface area contributed by atoms with E-state index in [1.165, 1.54) is 0 Å². The van der Waals surface area contributed by atoms with Crippen LogP contribution >= 0.6 is 34.8 Å². The summed E-state index contributed by atoms with van der Waals surface area (Å²) in [4.78, 5) is 11.8. The zero-order valence-electron chi connectivity index (χ0n) is 10.7. The van der Waals surface area contributed by atoms with E-state index in [1.807, 2.05) is 20.8 Å². The number of amides is 1. The molecule has 0 saturated heterocycles. The standard InChI is InChI=1S/C11H21Cl3N2O/c1-5-6-7-15-8(11(12,13)14)16-9(17)10(2,3)4/h8,15H,5-7H2,1-4H3,(H,16,17)/t8-/m0/s1. The number of hydrogen-bond acceptors (Lipinski definition) is 2. The van der Waals surface area contributed by atoms with E-state index < -0.39 is 15.4 Å². The van der Waals surface area contributed by atoms with Gasteiger partial charge in [0.25, 0.3) is 0 Å². The number of halogens is 3. The van der Waals surface area contributed by atoms with Gasteiger partial charge in [0.2, 0.25) is 9.70 Å². The number of carbonyl (C=O) groups is 1. The Balaban J connectivity index is 4.46. The molecular formula is C11H21Cl3N2O. The maximum absolute atomic E-state index is 11.8. The summed E-state index contributed by atoms with van der Waals surface area (Å²) >= 11 is 17.5. The van der Waals surface area contributed by atoms with Gasteiger partial charge in [0.1, 0.15) is 6.17 Å². The Labute approximate surface area is 119 Å². The lowest BCUT2D eigenvalue weighted by Crippen LogP contribution is -2.55. The fourth-order valence-electron chi connectivity index (χ4n) is 1.02. The molecule has 2 N–H and O–H groups in total. The molecule has 0 aromatic heterocycles. The van der Waals surface area contributed by atoms with E-state index in [9.17, 15) is 4.79 Å². The molecule has 0 fully saturated rings. The highest BCUT2D eigenvalue weighted by Gasteiger charge is 2.35. The summed E-state index contributed by atoms with van der Waals surface area (Å²) in [6.07, 6.45) is 1.32. The molecule has 1 amide bonds. The van der Waals surface area contributed by atoms with Crippen LogP contribution in [-0.2, 0) is 4.79 Å². The van der Waals surface area contributed by atoms with Gasteiger partial charge in [-0.25, -0.2) is 0 Å². The van der Waals surface area contributed by atoms with Gasteiger partial charge < -0.3 is 5.32 Å². The second kappa shape index (κ2) is 7.03. The lowest BCUT2D eigenvalue weighted by molar-refractivity contribution is -0.129. The molecule has 102 valence electrons. The summed E-state index contributed by atoms with van der Waals surface area (Å²) < 4.78 is -1.56. The zero-order chi connectivity index (χ0) is 13.7. The topological polar surface area (TPSA) is 41.1 Å². The monoisotopic (exact) mass is 302 g/mol. The average molecular weight is 304 g/mol. The van der Waals surface area contributed by atoms with Crippen LogP contribution in [0.1, 0.15) is 40.5 Å². The van der Waals surface area contributed by atoms with Crippen molar-refractivity contribution in [2.45, 2.75) is 50.5 Å². The van der Waals surface area contributed by atoms with E-state index in [2.05, 4.69) is 17.6 Å².